The topological polar surface area (TPSA) is 158 Å². The molecule has 0 aliphatic carbocycles. The van der Waals surface area contributed by atoms with E-state index in [0.717, 1.165) is 28.2 Å². The summed E-state index contributed by atoms with van der Waals surface area (Å²) in [6.07, 6.45) is 9.59. The third kappa shape index (κ3) is 10.5. The van der Waals surface area contributed by atoms with Gasteiger partial charge in [-0.1, -0.05) is 29.5 Å². The number of benzene rings is 2. The molecule has 0 radical (unpaired) electrons. The predicted octanol–water partition coefficient (Wildman–Crippen LogP) is 3.06. The highest BCUT2D eigenvalue weighted by Crippen LogP contribution is 2.28. The summed E-state index contributed by atoms with van der Waals surface area (Å²) in [6.45, 7) is 4.06. The highest BCUT2D eigenvalue weighted by Gasteiger charge is 2.07. The van der Waals surface area contributed by atoms with Gasteiger partial charge in [-0.2, -0.15) is 5.10 Å². The Morgan fingerprint density at radius 1 is 0.800 bits per heavy atom. The van der Waals surface area contributed by atoms with Crippen molar-refractivity contribution in [2.75, 3.05) is 53.8 Å². The zero-order valence-corrected chi connectivity index (χ0v) is 25.5. The van der Waals surface area contributed by atoms with Crippen LogP contribution in [0.3, 0.4) is 0 Å². The van der Waals surface area contributed by atoms with Gasteiger partial charge in [0.2, 0.25) is 0 Å². The molecular weight excluding hydrogens is 580 g/mol. The molecule has 4 rings (SSSR count). The molecule has 2 aromatic carbocycles. The average molecular weight is 621 g/mol. The van der Waals surface area contributed by atoms with E-state index in [1.165, 1.54) is 14.2 Å². The number of aromatic nitrogens is 5. The molecule has 0 spiro atoms. The standard InChI is InChI=1S/C32H40N6O7/c1-42-31-19-24(5-9-29(31)40)3-7-26-21-28(8-4-25-6-10-30(41)32(20-25)43-2)38(35-26)12-11-33-22-27-23-37(36-34-27)13-15-44-17-18-45-16-14-39/h3-10,19-21,23,33,39-41H,11-18,22H2,1-2H3/b7-3+,8-4+. The molecule has 0 fully saturated rings. The maximum Gasteiger partial charge on any atom is 0.161 e. The second-order valence-corrected chi connectivity index (χ2v) is 9.84. The van der Waals surface area contributed by atoms with Crippen LogP contribution in [0, 0.1) is 0 Å². The molecule has 0 amide bonds. The van der Waals surface area contributed by atoms with Crippen molar-refractivity contribution < 1.29 is 34.3 Å². The Balaban J connectivity index is 1.36. The van der Waals surface area contributed by atoms with E-state index in [-0.39, 0.29) is 18.1 Å². The number of rotatable bonds is 19. The lowest BCUT2D eigenvalue weighted by molar-refractivity contribution is 0.0302. The van der Waals surface area contributed by atoms with Gasteiger partial charge in [-0.25, -0.2) is 4.68 Å². The van der Waals surface area contributed by atoms with E-state index < -0.39 is 0 Å². The van der Waals surface area contributed by atoms with E-state index in [9.17, 15) is 10.2 Å². The molecule has 4 aromatic rings. The fourth-order valence-corrected chi connectivity index (χ4v) is 4.28. The molecule has 13 heteroatoms. The zero-order valence-electron chi connectivity index (χ0n) is 25.5. The molecule has 2 aromatic heterocycles. The van der Waals surface area contributed by atoms with Gasteiger partial charge in [0, 0.05) is 19.3 Å². The summed E-state index contributed by atoms with van der Waals surface area (Å²) < 4.78 is 24.8. The molecule has 0 aliphatic rings. The van der Waals surface area contributed by atoms with Crippen molar-refractivity contribution >= 4 is 24.3 Å². The molecule has 0 atom stereocenters. The van der Waals surface area contributed by atoms with Gasteiger partial charge < -0.3 is 39.6 Å². The summed E-state index contributed by atoms with van der Waals surface area (Å²) in [5, 5.41) is 45.1. The summed E-state index contributed by atoms with van der Waals surface area (Å²) in [7, 11) is 3.03. The number of aliphatic hydroxyl groups excluding tert-OH is 1. The maximum absolute atomic E-state index is 9.93. The van der Waals surface area contributed by atoms with Gasteiger partial charge in [-0.15, -0.1) is 5.10 Å². The summed E-state index contributed by atoms with van der Waals surface area (Å²) in [5.41, 5.74) is 4.19. The first-order valence-electron chi connectivity index (χ1n) is 14.5. The lowest BCUT2D eigenvalue weighted by atomic mass is 10.1. The first kappa shape index (κ1) is 33.2. The molecular formula is C32H40N6O7. The highest BCUT2D eigenvalue weighted by molar-refractivity contribution is 5.73. The molecule has 4 N–H and O–H groups in total. The molecule has 45 heavy (non-hydrogen) atoms. The lowest BCUT2D eigenvalue weighted by Crippen LogP contribution is -2.21. The number of hydrogen-bond donors (Lipinski definition) is 4. The van der Waals surface area contributed by atoms with Crippen LogP contribution in [0.25, 0.3) is 24.3 Å². The van der Waals surface area contributed by atoms with Crippen LogP contribution in [-0.4, -0.2) is 93.9 Å². The summed E-state index contributed by atoms with van der Waals surface area (Å²) in [6, 6.07) is 12.3. The van der Waals surface area contributed by atoms with Gasteiger partial charge in [0.1, 0.15) is 0 Å². The Kier molecular flexibility index (Phi) is 13.0. The highest BCUT2D eigenvalue weighted by atomic mass is 16.5. The third-order valence-electron chi connectivity index (χ3n) is 6.60. The number of aromatic hydroxyl groups is 2. The Morgan fingerprint density at radius 2 is 1.47 bits per heavy atom. The number of nitrogens with zero attached hydrogens (tertiary/aromatic N) is 5. The Morgan fingerprint density at radius 3 is 2.13 bits per heavy atom. The predicted molar refractivity (Wildman–Crippen MR) is 170 cm³/mol. The number of nitrogens with one attached hydrogen (secondary N) is 1. The van der Waals surface area contributed by atoms with Gasteiger partial charge in [0.15, 0.2) is 23.0 Å². The fraction of sp³-hybridized carbons (Fsp3) is 0.344. The second kappa shape index (κ2) is 17.6. The molecule has 0 saturated carbocycles. The van der Waals surface area contributed by atoms with Crippen LogP contribution >= 0.6 is 0 Å². The van der Waals surface area contributed by atoms with Gasteiger partial charge in [-0.3, -0.25) is 4.68 Å². The molecule has 13 nitrogen and oxygen atoms in total. The minimum Gasteiger partial charge on any atom is -0.504 e. The Hall–Kier alpha value is -4.69. The summed E-state index contributed by atoms with van der Waals surface area (Å²) >= 11 is 0. The molecule has 0 saturated heterocycles. The largest absolute Gasteiger partial charge is 0.504 e. The van der Waals surface area contributed by atoms with E-state index in [4.69, 9.17) is 29.2 Å². The van der Waals surface area contributed by atoms with Crippen LogP contribution in [0.2, 0.25) is 0 Å². The van der Waals surface area contributed by atoms with Crippen LogP contribution in [0.4, 0.5) is 0 Å². The van der Waals surface area contributed by atoms with Crippen molar-refractivity contribution in [3.63, 3.8) is 0 Å². The van der Waals surface area contributed by atoms with Crippen LogP contribution < -0.4 is 14.8 Å². The number of methoxy groups -OCH3 is 2. The van der Waals surface area contributed by atoms with Gasteiger partial charge in [-0.05, 0) is 53.6 Å². The molecule has 2 heterocycles. The zero-order chi connectivity index (χ0) is 31.9. The normalized spacial score (nSPS) is 11.6. The van der Waals surface area contributed by atoms with E-state index in [1.54, 1.807) is 35.0 Å². The lowest BCUT2D eigenvalue weighted by Gasteiger charge is -2.06. The minimum atomic E-state index is 0.00371. The van der Waals surface area contributed by atoms with Crippen molar-refractivity contribution in [1.82, 2.24) is 30.1 Å². The number of phenolic OH excluding ortho intramolecular Hbond substituents is 2. The third-order valence-corrected chi connectivity index (χ3v) is 6.60. The number of ether oxygens (including phenoxy) is 4. The molecule has 0 unspecified atom stereocenters. The van der Waals surface area contributed by atoms with E-state index in [1.807, 2.05) is 47.3 Å². The smallest absolute Gasteiger partial charge is 0.161 e. The van der Waals surface area contributed by atoms with Crippen LogP contribution in [0.1, 0.15) is 28.2 Å². The van der Waals surface area contributed by atoms with Crippen molar-refractivity contribution in [2.24, 2.45) is 0 Å². The van der Waals surface area contributed by atoms with E-state index >= 15 is 0 Å². The van der Waals surface area contributed by atoms with E-state index in [2.05, 4.69) is 15.6 Å². The molecule has 0 aliphatic heterocycles. The van der Waals surface area contributed by atoms with Crippen LogP contribution in [0.15, 0.2) is 48.7 Å². The van der Waals surface area contributed by atoms with Gasteiger partial charge in [0.05, 0.1) is 77.4 Å². The quantitative estimate of drug-likeness (QED) is 0.114. The van der Waals surface area contributed by atoms with Crippen molar-refractivity contribution in [3.8, 4) is 23.0 Å². The SMILES string of the molecule is COc1cc(/C=C/c2cc(/C=C/c3ccc(O)c(OC)c3)n(CCNCc3cn(CCOCCOCCO)nn3)n2)ccc1O. The summed E-state index contributed by atoms with van der Waals surface area (Å²) in [5.74, 6) is 0.961. The number of hydrogen-bond acceptors (Lipinski definition) is 11. The minimum absolute atomic E-state index is 0.00371. The number of aliphatic hydroxyl groups is 1. The Bertz CT molecular complexity index is 1550. The van der Waals surface area contributed by atoms with Crippen molar-refractivity contribution in [2.45, 2.75) is 19.6 Å². The molecule has 0 bridgehead atoms. The first-order chi connectivity index (χ1) is 22.0. The van der Waals surface area contributed by atoms with Gasteiger partial charge in [0.25, 0.3) is 0 Å². The average Bonchev–Trinajstić information content (AvgIpc) is 3.68. The monoisotopic (exact) mass is 620 g/mol. The summed E-state index contributed by atoms with van der Waals surface area (Å²) in [4.78, 5) is 0. The van der Waals surface area contributed by atoms with Crippen LogP contribution in [0.5, 0.6) is 23.0 Å². The first-order valence-corrected chi connectivity index (χ1v) is 14.5. The number of phenols is 2. The van der Waals surface area contributed by atoms with Crippen molar-refractivity contribution in [1.29, 1.82) is 0 Å². The van der Waals surface area contributed by atoms with Crippen molar-refractivity contribution in [3.05, 3.63) is 76.9 Å². The van der Waals surface area contributed by atoms with Crippen LogP contribution in [-0.2, 0) is 29.1 Å². The van der Waals surface area contributed by atoms with Gasteiger partial charge >= 0.3 is 0 Å². The van der Waals surface area contributed by atoms with E-state index in [0.29, 0.717) is 64.1 Å². The molecule has 240 valence electrons. The maximum atomic E-state index is 9.93. The fourth-order valence-electron chi connectivity index (χ4n) is 4.28. The second-order valence-electron chi connectivity index (χ2n) is 9.84. The Labute approximate surface area is 261 Å².